The Labute approximate surface area is 137 Å². The molecule has 0 atom stereocenters. The maximum Gasteiger partial charge on any atom is 0.225 e. The van der Waals surface area contributed by atoms with Gasteiger partial charge in [-0.05, 0) is 38.8 Å². The zero-order chi connectivity index (χ0) is 16.9. The largest absolute Gasteiger partial charge is 0.489 e. The second kappa shape index (κ2) is 7.79. The maximum atomic E-state index is 12.1. The van der Waals surface area contributed by atoms with Crippen LogP contribution < -0.4 is 10.1 Å². The Hall–Kier alpha value is -1.60. The van der Waals surface area contributed by atoms with Crippen molar-refractivity contribution in [1.82, 2.24) is 4.31 Å². The Bertz CT molecular complexity index is 637. The molecular formula is C16H24N2O4S. The van der Waals surface area contributed by atoms with Crippen LogP contribution >= 0.6 is 0 Å². The lowest BCUT2D eigenvalue weighted by molar-refractivity contribution is -0.115. The fourth-order valence-corrected chi connectivity index (χ4v) is 3.97. The van der Waals surface area contributed by atoms with Gasteiger partial charge in [0.1, 0.15) is 5.75 Å². The summed E-state index contributed by atoms with van der Waals surface area (Å²) in [4.78, 5) is 12.1. The molecule has 1 aromatic rings. The third-order valence-corrected chi connectivity index (χ3v) is 5.44. The minimum Gasteiger partial charge on any atom is -0.489 e. The summed E-state index contributed by atoms with van der Waals surface area (Å²) in [7, 11) is -3.34. The number of hydrogen-bond acceptors (Lipinski definition) is 4. The van der Waals surface area contributed by atoms with Gasteiger partial charge in [0.05, 0.1) is 17.5 Å². The van der Waals surface area contributed by atoms with Crippen molar-refractivity contribution >= 4 is 21.6 Å². The summed E-state index contributed by atoms with van der Waals surface area (Å²) < 4.78 is 31.3. The van der Waals surface area contributed by atoms with E-state index in [-0.39, 0.29) is 24.2 Å². The highest BCUT2D eigenvalue weighted by Gasteiger charge is 2.25. The number of sulfonamides is 1. The van der Waals surface area contributed by atoms with Crippen LogP contribution in [0.25, 0.3) is 0 Å². The number of benzene rings is 1. The number of nitrogens with zero attached hydrogens (tertiary/aromatic N) is 1. The van der Waals surface area contributed by atoms with E-state index in [0.29, 0.717) is 24.5 Å². The molecule has 0 aromatic heterocycles. The van der Waals surface area contributed by atoms with Gasteiger partial charge in [0.25, 0.3) is 0 Å². The van der Waals surface area contributed by atoms with Gasteiger partial charge in [0.2, 0.25) is 15.9 Å². The molecule has 23 heavy (non-hydrogen) atoms. The molecule has 0 bridgehead atoms. The molecule has 1 N–H and O–H groups in total. The van der Waals surface area contributed by atoms with Gasteiger partial charge in [0, 0.05) is 19.5 Å². The number of anilines is 1. The fraction of sp³-hybridized carbons (Fsp3) is 0.562. The number of rotatable bonds is 7. The van der Waals surface area contributed by atoms with E-state index in [0.717, 1.165) is 12.8 Å². The Kier molecular flexibility index (Phi) is 6.01. The number of amides is 1. The summed E-state index contributed by atoms with van der Waals surface area (Å²) in [6.45, 7) is 4.94. The molecule has 1 heterocycles. The fourth-order valence-electron chi connectivity index (χ4n) is 2.46. The van der Waals surface area contributed by atoms with Crippen LogP contribution in [-0.2, 0) is 14.8 Å². The van der Waals surface area contributed by atoms with Crippen molar-refractivity contribution in [3.05, 3.63) is 24.3 Å². The van der Waals surface area contributed by atoms with E-state index in [1.807, 2.05) is 19.9 Å². The van der Waals surface area contributed by atoms with Crippen molar-refractivity contribution < 1.29 is 17.9 Å². The van der Waals surface area contributed by atoms with E-state index in [2.05, 4.69) is 5.32 Å². The second-order valence-corrected chi connectivity index (χ2v) is 7.97. The normalized spacial score (nSPS) is 15.8. The van der Waals surface area contributed by atoms with Crippen molar-refractivity contribution in [3.8, 4) is 5.75 Å². The van der Waals surface area contributed by atoms with Crippen LogP contribution in [0.3, 0.4) is 0 Å². The van der Waals surface area contributed by atoms with Crippen LogP contribution in [0, 0.1) is 0 Å². The highest BCUT2D eigenvalue weighted by molar-refractivity contribution is 7.89. The number of hydrogen-bond donors (Lipinski definition) is 1. The third-order valence-electron chi connectivity index (χ3n) is 3.57. The van der Waals surface area contributed by atoms with Gasteiger partial charge in [-0.1, -0.05) is 12.1 Å². The molecule has 0 radical (unpaired) electrons. The van der Waals surface area contributed by atoms with Gasteiger partial charge >= 0.3 is 0 Å². The Morgan fingerprint density at radius 1 is 1.26 bits per heavy atom. The number of nitrogens with one attached hydrogen (secondary N) is 1. The predicted molar refractivity (Wildman–Crippen MR) is 90.0 cm³/mol. The van der Waals surface area contributed by atoms with E-state index in [4.69, 9.17) is 4.74 Å². The standard InChI is InChI=1S/C16H24N2O4S/c1-13(2)22-15-8-4-3-7-14(15)17-16(19)9-12-23(20,21)18-10-5-6-11-18/h3-4,7-8,13H,5-6,9-12H2,1-2H3,(H,17,19). The molecule has 1 aliphatic heterocycles. The Morgan fingerprint density at radius 2 is 1.91 bits per heavy atom. The summed E-state index contributed by atoms with van der Waals surface area (Å²) in [5.41, 5.74) is 0.560. The van der Waals surface area contributed by atoms with Gasteiger partial charge in [-0.15, -0.1) is 0 Å². The number of para-hydroxylation sites is 2. The molecule has 0 aliphatic carbocycles. The molecule has 2 rings (SSSR count). The van der Waals surface area contributed by atoms with Crippen molar-refractivity contribution in [3.63, 3.8) is 0 Å². The molecule has 6 nitrogen and oxygen atoms in total. The van der Waals surface area contributed by atoms with Crippen molar-refractivity contribution in [1.29, 1.82) is 0 Å². The summed E-state index contributed by atoms with van der Waals surface area (Å²) in [5.74, 6) is 0.0947. The molecule has 128 valence electrons. The highest BCUT2D eigenvalue weighted by atomic mass is 32.2. The van der Waals surface area contributed by atoms with E-state index >= 15 is 0 Å². The number of ether oxygens (including phenoxy) is 1. The Morgan fingerprint density at radius 3 is 2.57 bits per heavy atom. The highest BCUT2D eigenvalue weighted by Crippen LogP contribution is 2.25. The second-order valence-electron chi connectivity index (χ2n) is 5.88. The van der Waals surface area contributed by atoms with Crippen LogP contribution in [0.2, 0.25) is 0 Å². The van der Waals surface area contributed by atoms with Gasteiger partial charge < -0.3 is 10.1 Å². The molecule has 1 amide bonds. The van der Waals surface area contributed by atoms with Crippen molar-refractivity contribution in [2.45, 2.75) is 39.2 Å². The lowest BCUT2D eigenvalue weighted by atomic mass is 10.2. The lowest BCUT2D eigenvalue weighted by Crippen LogP contribution is -2.31. The number of carbonyl (C=O) groups excluding carboxylic acids is 1. The molecule has 1 aromatic carbocycles. The Balaban J connectivity index is 1.92. The smallest absolute Gasteiger partial charge is 0.225 e. The first-order valence-corrected chi connectivity index (χ1v) is 9.53. The molecule has 0 spiro atoms. The monoisotopic (exact) mass is 340 g/mol. The first-order chi connectivity index (χ1) is 10.9. The molecule has 0 saturated carbocycles. The van der Waals surface area contributed by atoms with Crippen molar-refractivity contribution in [2.24, 2.45) is 0 Å². The van der Waals surface area contributed by atoms with Gasteiger partial charge in [-0.2, -0.15) is 0 Å². The average Bonchev–Trinajstić information content (AvgIpc) is 3.02. The van der Waals surface area contributed by atoms with E-state index in [1.54, 1.807) is 18.2 Å². The molecule has 7 heteroatoms. The van der Waals surface area contributed by atoms with Gasteiger partial charge in [-0.25, -0.2) is 12.7 Å². The summed E-state index contributed by atoms with van der Waals surface area (Å²) in [6, 6.07) is 7.14. The molecule has 0 unspecified atom stereocenters. The topological polar surface area (TPSA) is 75.7 Å². The van der Waals surface area contributed by atoms with Crippen molar-refractivity contribution in [2.75, 3.05) is 24.2 Å². The third kappa shape index (κ3) is 5.21. The molecule has 1 fully saturated rings. The predicted octanol–water partition coefficient (Wildman–Crippen LogP) is 2.23. The van der Waals surface area contributed by atoms with Gasteiger partial charge in [0.15, 0.2) is 0 Å². The van der Waals surface area contributed by atoms with Crippen LogP contribution in [0.4, 0.5) is 5.69 Å². The zero-order valence-electron chi connectivity index (χ0n) is 13.6. The quantitative estimate of drug-likeness (QED) is 0.826. The average molecular weight is 340 g/mol. The molecule has 1 saturated heterocycles. The summed E-state index contributed by atoms with van der Waals surface area (Å²) in [5, 5.41) is 2.73. The first-order valence-electron chi connectivity index (χ1n) is 7.92. The minimum atomic E-state index is -3.34. The zero-order valence-corrected chi connectivity index (χ0v) is 14.4. The van der Waals surface area contributed by atoms with E-state index < -0.39 is 10.0 Å². The van der Waals surface area contributed by atoms with E-state index in [1.165, 1.54) is 4.31 Å². The number of carbonyl (C=O) groups is 1. The first kappa shape index (κ1) is 17.7. The van der Waals surface area contributed by atoms with E-state index in [9.17, 15) is 13.2 Å². The molecular weight excluding hydrogens is 316 g/mol. The SMILES string of the molecule is CC(C)Oc1ccccc1NC(=O)CCS(=O)(=O)N1CCCC1. The molecule has 1 aliphatic rings. The summed E-state index contributed by atoms with van der Waals surface area (Å²) in [6.07, 6.45) is 1.72. The summed E-state index contributed by atoms with van der Waals surface area (Å²) >= 11 is 0. The van der Waals surface area contributed by atoms with Crippen LogP contribution in [-0.4, -0.2) is 43.6 Å². The van der Waals surface area contributed by atoms with Crippen LogP contribution in [0.15, 0.2) is 24.3 Å². The van der Waals surface area contributed by atoms with Crippen LogP contribution in [0.5, 0.6) is 5.75 Å². The lowest BCUT2D eigenvalue weighted by Gasteiger charge is -2.16. The maximum absolute atomic E-state index is 12.1. The van der Waals surface area contributed by atoms with Crippen LogP contribution in [0.1, 0.15) is 33.1 Å². The van der Waals surface area contributed by atoms with Gasteiger partial charge in [-0.3, -0.25) is 4.79 Å². The minimum absolute atomic E-state index is 0.0106.